The Bertz CT molecular complexity index is 311. The van der Waals surface area contributed by atoms with Gasteiger partial charge in [-0.2, -0.15) is 0 Å². The SMILES string of the molecule is Cc1cc(C(C)(C)C)ncc1CCN. The first-order valence-electron chi connectivity index (χ1n) is 5.11. The van der Waals surface area contributed by atoms with Gasteiger partial charge in [0.2, 0.25) is 0 Å². The molecular formula is C12H20N2. The Morgan fingerprint density at radius 3 is 2.43 bits per heavy atom. The molecule has 0 aliphatic heterocycles. The van der Waals surface area contributed by atoms with E-state index in [9.17, 15) is 0 Å². The van der Waals surface area contributed by atoms with E-state index in [0.29, 0.717) is 6.54 Å². The number of aromatic nitrogens is 1. The lowest BCUT2D eigenvalue weighted by atomic mass is 9.90. The van der Waals surface area contributed by atoms with Crippen molar-refractivity contribution in [3.8, 4) is 0 Å². The third-order valence-corrected chi connectivity index (χ3v) is 2.40. The molecule has 14 heavy (non-hydrogen) atoms. The molecule has 1 rings (SSSR count). The lowest BCUT2D eigenvalue weighted by Crippen LogP contribution is -2.14. The van der Waals surface area contributed by atoms with Crippen LogP contribution in [-0.2, 0) is 11.8 Å². The van der Waals surface area contributed by atoms with Crippen LogP contribution in [0.1, 0.15) is 37.6 Å². The average molecular weight is 192 g/mol. The number of hydrogen-bond acceptors (Lipinski definition) is 2. The largest absolute Gasteiger partial charge is 0.330 e. The third kappa shape index (κ3) is 2.55. The van der Waals surface area contributed by atoms with Crippen LogP contribution in [0.25, 0.3) is 0 Å². The van der Waals surface area contributed by atoms with Crippen molar-refractivity contribution in [2.24, 2.45) is 5.73 Å². The van der Waals surface area contributed by atoms with E-state index in [4.69, 9.17) is 5.73 Å². The van der Waals surface area contributed by atoms with Gasteiger partial charge in [0, 0.05) is 17.3 Å². The molecule has 1 heterocycles. The molecule has 0 radical (unpaired) electrons. The van der Waals surface area contributed by atoms with Crippen molar-refractivity contribution in [2.45, 2.75) is 39.5 Å². The summed E-state index contributed by atoms with van der Waals surface area (Å²) in [6.45, 7) is 9.35. The van der Waals surface area contributed by atoms with Crippen molar-refractivity contribution in [1.29, 1.82) is 0 Å². The highest BCUT2D eigenvalue weighted by molar-refractivity contribution is 5.28. The average Bonchev–Trinajstić information content (AvgIpc) is 2.07. The molecule has 0 aliphatic rings. The molecule has 2 nitrogen and oxygen atoms in total. The highest BCUT2D eigenvalue weighted by atomic mass is 14.7. The summed E-state index contributed by atoms with van der Waals surface area (Å²) in [5.41, 5.74) is 9.37. The molecule has 0 unspecified atom stereocenters. The second kappa shape index (κ2) is 4.09. The first-order chi connectivity index (χ1) is 6.45. The summed E-state index contributed by atoms with van der Waals surface area (Å²) in [4.78, 5) is 4.47. The molecule has 0 saturated heterocycles. The predicted octanol–water partition coefficient (Wildman–Crippen LogP) is 2.19. The van der Waals surface area contributed by atoms with Gasteiger partial charge in [0.05, 0.1) is 0 Å². The Labute approximate surface area is 86.5 Å². The number of nitrogens with zero attached hydrogens (tertiary/aromatic N) is 1. The van der Waals surface area contributed by atoms with E-state index in [0.717, 1.165) is 12.1 Å². The standard InChI is InChI=1S/C12H20N2/c1-9-7-11(12(2,3)4)14-8-10(9)5-6-13/h7-8H,5-6,13H2,1-4H3. The van der Waals surface area contributed by atoms with Crippen LogP contribution >= 0.6 is 0 Å². The third-order valence-electron chi connectivity index (χ3n) is 2.40. The Balaban J connectivity index is 3.01. The summed E-state index contributed by atoms with van der Waals surface area (Å²) in [6, 6.07) is 2.17. The minimum Gasteiger partial charge on any atom is -0.330 e. The molecule has 0 saturated carbocycles. The summed E-state index contributed by atoms with van der Waals surface area (Å²) < 4.78 is 0. The van der Waals surface area contributed by atoms with Crippen LogP contribution in [0.15, 0.2) is 12.3 Å². The zero-order chi connectivity index (χ0) is 10.8. The zero-order valence-corrected chi connectivity index (χ0v) is 9.59. The second-order valence-corrected chi connectivity index (χ2v) is 4.78. The second-order valence-electron chi connectivity index (χ2n) is 4.78. The monoisotopic (exact) mass is 192 g/mol. The molecule has 2 N–H and O–H groups in total. The molecule has 0 amide bonds. The van der Waals surface area contributed by atoms with Crippen LogP contribution in [0.3, 0.4) is 0 Å². The number of nitrogens with two attached hydrogens (primary N) is 1. The van der Waals surface area contributed by atoms with Crippen molar-refractivity contribution >= 4 is 0 Å². The van der Waals surface area contributed by atoms with Gasteiger partial charge >= 0.3 is 0 Å². The molecule has 2 heteroatoms. The fourth-order valence-electron chi connectivity index (χ4n) is 1.41. The van der Waals surface area contributed by atoms with E-state index in [1.54, 1.807) is 0 Å². The molecule has 0 aliphatic carbocycles. The van der Waals surface area contributed by atoms with E-state index < -0.39 is 0 Å². The fraction of sp³-hybridized carbons (Fsp3) is 0.583. The van der Waals surface area contributed by atoms with Gasteiger partial charge in [-0.25, -0.2) is 0 Å². The minimum absolute atomic E-state index is 0.131. The Kier molecular flexibility index (Phi) is 3.27. The van der Waals surface area contributed by atoms with E-state index in [1.165, 1.54) is 11.1 Å². The predicted molar refractivity (Wildman–Crippen MR) is 60.4 cm³/mol. The molecule has 0 spiro atoms. The van der Waals surface area contributed by atoms with E-state index in [-0.39, 0.29) is 5.41 Å². The maximum Gasteiger partial charge on any atom is 0.0459 e. The van der Waals surface area contributed by atoms with Crippen LogP contribution < -0.4 is 5.73 Å². The van der Waals surface area contributed by atoms with Gasteiger partial charge in [-0.1, -0.05) is 20.8 Å². The van der Waals surface area contributed by atoms with Gasteiger partial charge in [0.25, 0.3) is 0 Å². The first-order valence-corrected chi connectivity index (χ1v) is 5.11. The molecule has 1 aromatic rings. The minimum atomic E-state index is 0.131. The summed E-state index contributed by atoms with van der Waals surface area (Å²) in [6.07, 6.45) is 2.88. The lowest BCUT2D eigenvalue weighted by molar-refractivity contribution is 0.567. The van der Waals surface area contributed by atoms with Crippen molar-refractivity contribution in [3.63, 3.8) is 0 Å². The molecular weight excluding hydrogens is 172 g/mol. The number of pyridine rings is 1. The van der Waals surface area contributed by atoms with Gasteiger partial charge in [-0.3, -0.25) is 4.98 Å². The molecule has 0 fully saturated rings. The summed E-state index contributed by atoms with van der Waals surface area (Å²) in [5, 5.41) is 0. The molecule has 0 atom stereocenters. The molecule has 1 aromatic heterocycles. The van der Waals surface area contributed by atoms with Crippen molar-refractivity contribution in [3.05, 3.63) is 29.1 Å². The van der Waals surface area contributed by atoms with Crippen LogP contribution in [0.4, 0.5) is 0 Å². The Morgan fingerprint density at radius 2 is 2.00 bits per heavy atom. The zero-order valence-electron chi connectivity index (χ0n) is 9.59. The summed E-state index contributed by atoms with van der Waals surface area (Å²) in [7, 11) is 0. The summed E-state index contributed by atoms with van der Waals surface area (Å²) in [5.74, 6) is 0. The van der Waals surface area contributed by atoms with E-state index in [2.05, 4.69) is 38.7 Å². The Hall–Kier alpha value is -0.890. The van der Waals surface area contributed by atoms with Crippen molar-refractivity contribution in [2.75, 3.05) is 6.54 Å². The van der Waals surface area contributed by atoms with Crippen LogP contribution in [0.5, 0.6) is 0 Å². The van der Waals surface area contributed by atoms with Gasteiger partial charge in [0.1, 0.15) is 0 Å². The highest BCUT2D eigenvalue weighted by Crippen LogP contribution is 2.21. The number of rotatable bonds is 2. The van der Waals surface area contributed by atoms with Gasteiger partial charge in [0.15, 0.2) is 0 Å². The fourth-order valence-corrected chi connectivity index (χ4v) is 1.41. The first kappa shape index (κ1) is 11.2. The maximum absolute atomic E-state index is 5.53. The van der Waals surface area contributed by atoms with Gasteiger partial charge in [-0.05, 0) is 37.1 Å². The normalized spacial score (nSPS) is 11.8. The molecule has 78 valence electrons. The molecule has 0 aromatic carbocycles. The number of hydrogen-bond donors (Lipinski definition) is 1. The van der Waals surface area contributed by atoms with Crippen LogP contribution in [0.2, 0.25) is 0 Å². The van der Waals surface area contributed by atoms with Crippen molar-refractivity contribution < 1.29 is 0 Å². The topological polar surface area (TPSA) is 38.9 Å². The highest BCUT2D eigenvalue weighted by Gasteiger charge is 2.15. The summed E-state index contributed by atoms with van der Waals surface area (Å²) >= 11 is 0. The number of aryl methyl sites for hydroxylation is 1. The van der Waals surface area contributed by atoms with Crippen molar-refractivity contribution in [1.82, 2.24) is 4.98 Å². The lowest BCUT2D eigenvalue weighted by Gasteiger charge is -2.19. The molecule has 0 bridgehead atoms. The van der Waals surface area contributed by atoms with Crippen LogP contribution in [0, 0.1) is 6.92 Å². The quantitative estimate of drug-likeness (QED) is 0.780. The van der Waals surface area contributed by atoms with E-state index >= 15 is 0 Å². The Morgan fingerprint density at radius 1 is 1.36 bits per heavy atom. The van der Waals surface area contributed by atoms with Gasteiger partial charge in [-0.15, -0.1) is 0 Å². The van der Waals surface area contributed by atoms with Gasteiger partial charge < -0.3 is 5.73 Å². The maximum atomic E-state index is 5.53. The van der Waals surface area contributed by atoms with E-state index in [1.807, 2.05) is 6.20 Å². The smallest absolute Gasteiger partial charge is 0.0459 e. The van der Waals surface area contributed by atoms with Crippen LogP contribution in [-0.4, -0.2) is 11.5 Å².